The van der Waals surface area contributed by atoms with E-state index in [1.165, 1.54) is 17.6 Å². The van der Waals surface area contributed by atoms with Crippen molar-refractivity contribution in [3.63, 3.8) is 0 Å². The van der Waals surface area contributed by atoms with Crippen molar-refractivity contribution < 1.29 is 10.2 Å². The van der Waals surface area contributed by atoms with Gasteiger partial charge < -0.3 is 10.2 Å². The highest BCUT2D eigenvalue weighted by Gasteiger charge is 2.25. The molecule has 0 bridgehead atoms. The molecule has 1 rings (SSSR count). The van der Waals surface area contributed by atoms with Crippen LogP contribution in [0.15, 0.2) is 23.8 Å². The lowest BCUT2D eigenvalue weighted by Gasteiger charge is -2.27. The van der Waals surface area contributed by atoms with Crippen LogP contribution in [0.4, 0.5) is 0 Å². The summed E-state index contributed by atoms with van der Waals surface area (Å²) in [7, 11) is 0. The first kappa shape index (κ1) is 14.5. The molecule has 1 aliphatic carbocycles. The minimum absolute atomic E-state index is 0.563. The normalized spacial score (nSPS) is 23.1. The van der Waals surface area contributed by atoms with Crippen LogP contribution in [0.2, 0.25) is 0 Å². The van der Waals surface area contributed by atoms with Crippen LogP contribution >= 0.6 is 0 Å². The van der Waals surface area contributed by atoms with Crippen molar-refractivity contribution in [2.45, 2.75) is 64.6 Å². The van der Waals surface area contributed by atoms with Gasteiger partial charge in [0.2, 0.25) is 0 Å². The zero-order valence-corrected chi connectivity index (χ0v) is 11.4. The van der Waals surface area contributed by atoms with Crippen LogP contribution < -0.4 is 0 Å². The molecule has 0 amide bonds. The number of rotatable bonds is 5. The summed E-state index contributed by atoms with van der Waals surface area (Å²) in [6.07, 6.45) is 6.47. The van der Waals surface area contributed by atoms with Gasteiger partial charge in [-0.15, -0.1) is 0 Å². The lowest BCUT2D eigenvalue weighted by molar-refractivity contribution is -0.0511. The fourth-order valence-corrected chi connectivity index (χ4v) is 2.22. The van der Waals surface area contributed by atoms with Gasteiger partial charge in [-0.1, -0.05) is 23.8 Å². The Labute approximate surface area is 105 Å². The first-order valence-electron chi connectivity index (χ1n) is 6.54. The van der Waals surface area contributed by atoms with Crippen molar-refractivity contribution in [3.05, 3.63) is 23.8 Å². The highest BCUT2D eigenvalue weighted by atomic mass is 16.3. The summed E-state index contributed by atoms with van der Waals surface area (Å²) < 4.78 is 0. The Bertz CT molecular complexity index is 297. The van der Waals surface area contributed by atoms with Crippen LogP contribution in [-0.4, -0.2) is 21.9 Å². The molecule has 0 saturated heterocycles. The Balaban J connectivity index is 2.36. The molecule has 0 spiro atoms. The summed E-state index contributed by atoms with van der Waals surface area (Å²) in [5.41, 5.74) is 1.69. The number of aliphatic hydroxyl groups excluding tert-OH is 1. The molecule has 0 aliphatic heterocycles. The van der Waals surface area contributed by atoms with Crippen LogP contribution in [0.3, 0.4) is 0 Å². The van der Waals surface area contributed by atoms with E-state index in [1.807, 2.05) is 0 Å². The Hall–Kier alpha value is -0.600. The maximum Gasteiger partial charge on any atom is 0.0849 e. The van der Waals surface area contributed by atoms with Gasteiger partial charge >= 0.3 is 0 Å². The van der Waals surface area contributed by atoms with Crippen molar-refractivity contribution in [1.29, 1.82) is 0 Å². The Morgan fingerprint density at radius 2 is 2.24 bits per heavy atom. The highest BCUT2D eigenvalue weighted by Crippen LogP contribution is 2.31. The molecule has 2 nitrogen and oxygen atoms in total. The molecule has 2 atom stereocenters. The number of aliphatic hydroxyl groups is 2. The summed E-state index contributed by atoms with van der Waals surface area (Å²) in [4.78, 5) is 0. The molecule has 2 heteroatoms. The molecule has 0 heterocycles. The van der Waals surface area contributed by atoms with E-state index in [0.29, 0.717) is 12.3 Å². The molecule has 0 saturated carbocycles. The largest absolute Gasteiger partial charge is 0.390 e. The minimum atomic E-state index is -1.01. The quantitative estimate of drug-likeness (QED) is 0.722. The third kappa shape index (κ3) is 4.64. The summed E-state index contributed by atoms with van der Waals surface area (Å²) in [5.74, 6) is 0.563. The van der Waals surface area contributed by atoms with Crippen molar-refractivity contribution in [3.8, 4) is 0 Å². The highest BCUT2D eigenvalue weighted by molar-refractivity contribution is 5.11. The first-order valence-corrected chi connectivity index (χ1v) is 6.54. The zero-order valence-electron chi connectivity index (χ0n) is 11.4. The fraction of sp³-hybridized carbons (Fsp3) is 0.733. The topological polar surface area (TPSA) is 40.5 Å². The first-order chi connectivity index (χ1) is 7.80. The molecule has 17 heavy (non-hydrogen) atoms. The Morgan fingerprint density at radius 3 is 2.71 bits per heavy atom. The minimum Gasteiger partial charge on any atom is -0.390 e. The van der Waals surface area contributed by atoms with Crippen LogP contribution in [-0.2, 0) is 0 Å². The van der Waals surface area contributed by atoms with Crippen LogP contribution in [0.5, 0.6) is 0 Å². The molecule has 0 fully saturated rings. The van der Waals surface area contributed by atoms with E-state index in [1.54, 1.807) is 13.8 Å². The monoisotopic (exact) mass is 238 g/mol. The van der Waals surface area contributed by atoms with Gasteiger partial charge in [0.25, 0.3) is 0 Å². The summed E-state index contributed by atoms with van der Waals surface area (Å²) >= 11 is 0. The van der Waals surface area contributed by atoms with E-state index >= 15 is 0 Å². The molecule has 1 aliphatic rings. The van der Waals surface area contributed by atoms with Crippen LogP contribution in [0.25, 0.3) is 0 Å². The summed E-state index contributed by atoms with van der Waals surface area (Å²) in [6, 6.07) is 0. The van der Waals surface area contributed by atoms with Crippen molar-refractivity contribution in [2.75, 3.05) is 0 Å². The van der Waals surface area contributed by atoms with Crippen LogP contribution in [0, 0.1) is 5.92 Å². The second-order valence-electron chi connectivity index (χ2n) is 5.89. The molecule has 0 aromatic carbocycles. The molecule has 0 aromatic rings. The molecule has 2 N–H and O–H groups in total. The molecule has 2 unspecified atom stereocenters. The lowest BCUT2D eigenvalue weighted by Crippen LogP contribution is -2.35. The van der Waals surface area contributed by atoms with Gasteiger partial charge in [-0.3, -0.25) is 0 Å². The predicted molar refractivity (Wildman–Crippen MR) is 71.8 cm³/mol. The third-order valence-electron chi connectivity index (χ3n) is 3.77. The van der Waals surface area contributed by atoms with Gasteiger partial charge in [0, 0.05) is 0 Å². The lowest BCUT2D eigenvalue weighted by atomic mass is 9.82. The maximum absolute atomic E-state index is 9.77. The predicted octanol–water partition coefficient (Wildman–Crippen LogP) is 3.20. The van der Waals surface area contributed by atoms with E-state index in [0.717, 1.165) is 19.3 Å². The van der Waals surface area contributed by atoms with E-state index in [-0.39, 0.29) is 0 Å². The SMILES string of the molecule is C=C(CCC(O)C(C)(C)O)C1CC=C(C)CC1. The smallest absolute Gasteiger partial charge is 0.0849 e. The number of hydrogen-bond acceptors (Lipinski definition) is 2. The molecular weight excluding hydrogens is 212 g/mol. The van der Waals surface area contributed by atoms with Crippen molar-refractivity contribution in [2.24, 2.45) is 5.92 Å². The third-order valence-corrected chi connectivity index (χ3v) is 3.77. The van der Waals surface area contributed by atoms with Gasteiger partial charge in [-0.25, -0.2) is 0 Å². The second kappa shape index (κ2) is 5.83. The van der Waals surface area contributed by atoms with E-state index < -0.39 is 11.7 Å². The van der Waals surface area contributed by atoms with Crippen molar-refractivity contribution in [1.82, 2.24) is 0 Å². The molecule has 0 radical (unpaired) electrons. The van der Waals surface area contributed by atoms with Crippen molar-refractivity contribution >= 4 is 0 Å². The second-order valence-corrected chi connectivity index (χ2v) is 5.89. The molecule has 0 aromatic heterocycles. The van der Waals surface area contributed by atoms with Gasteiger partial charge in [0.15, 0.2) is 0 Å². The number of allylic oxidation sites excluding steroid dienone is 3. The van der Waals surface area contributed by atoms with Crippen LogP contribution in [0.1, 0.15) is 52.9 Å². The van der Waals surface area contributed by atoms with Gasteiger partial charge in [0.1, 0.15) is 0 Å². The molecular formula is C15H26O2. The van der Waals surface area contributed by atoms with E-state index in [4.69, 9.17) is 0 Å². The van der Waals surface area contributed by atoms with Gasteiger partial charge in [-0.2, -0.15) is 0 Å². The Morgan fingerprint density at radius 1 is 1.59 bits per heavy atom. The van der Waals surface area contributed by atoms with E-state index in [2.05, 4.69) is 19.6 Å². The maximum atomic E-state index is 9.77. The average Bonchev–Trinajstić information content (AvgIpc) is 2.25. The van der Waals surface area contributed by atoms with E-state index in [9.17, 15) is 10.2 Å². The average molecular weight is 238 g/mol. The number of hydrogen-bond donors (Lipinski definition) is 2. The zero-order chi connectivity index (χ0) is 13.1. The molecule has 98 valence electrons. The summed E-state index contributed by atoms with van der Waals surface area (Å²) in [6.45, 7) is 9.60. The fourth-order valence-electron chi connectivity index (χ4n) is 2.22. The standard InChI is InChI=1S/C15H26O2/c1-11-5-8-13(9-6-11)12(2)7-10-14(16)15(3,4)17/h5,13-14,16-17H,2,6-10H2,1,3-4H3. The summed E-state index contributed by atoms with van der Waals surface area (Å²) in [5, 5.41) is 19.4. The Kier molecular flexibility index (Phi) is 4.96. The van der Waals surface area contributed by atoms with Gasteiger partial charge in [-0.05, 0) is 58.8 Å². The van der Waals surface area contributed by atoms with Gasteiger partial charge in [0.05, 0.1) is 11.7 Å².